The molecule has 0 bridgehead atoms. The van der Waals surface area contributed by atoms with E-state index < -0.39 is 22.2 Å². The summed E-state index contributed by atoms with van der Waals surface area (Å²) in [6, 6.07) is 0. The molecule has 90 valence electrons. The summed E-state index contributed by atoms with van der Waals surface area (Å²) < 4.78 is 48.2. The maximum Gasteiger partial charge on any atom is 0.253 e. The van der Waals surface area contributed by atoms with Gasteiger partial charge in [-0.05, 0) is 12.3 Å². The molecule has 0 aromatic heterocycles. The van der Waals surface area contributed by atoms with Crippen molar-refractivity contribution in [3.63, 3.8) is 0 Å². The van der Waals surface area contributed by atoms with Gasteiger partial charge in [-0.2, -0.15) is 0 Å². The van der Waals surface area contributed by atoms with Gasteiger partial charge in [0.05, 0.1) is 0 Å². The summed E-state index contributed by atoms with van der Waals surface area (Å²) in [5, 5.41) is 0. The fourth-order valence-electron chi connectivity index (χ4n) is 1.51. The molecule has 0 radical (unpaired) electrons. The molecule has 0 aromatic rings. The molecule has 1 heterocycles. The van der Waals surface area contributed by atoms with Gasteiger partial charge in [-0.1, -0.05) is 22.9 Å². The van der Waals surface area contributed by atoms with Gasteiger partial charge in [0.25, 0.3) is 6.43 Å². The third kappa shape index (κ3) is 3.64. The minimum Gasteiger partial charge on any atom is -0.212 e. The van der Waals surface area contributed by atoms with Gasteiger partial charge in [0, 0.05) is 17.9 Å². The molecule has 2 unspecified atom stereocenters. The first-order valence-electron chi connectivity index (χ1n) is 4.73. The molecule has 1 rings (SSSR count). The van der Waals surface area contributed by atoms with Crippen molar-refractivity contribution in [2.45, 2.75) is 24.6 Å². The molecule has 2 atom stereocenters. The molecule has 15 heavy (non-hydrogen) atoms. The van der Waals surface area contributed by atoms with Gasteiger partial charge in [0.2, 0.25) is 10.0 Å². The summed E-state index contributed by atoms with van der Waals surface area (Å²) in [7, 11) is -3.79. The van der Waals surface area contributed by atoms with Crippen LogP contribution in [-0.4, -0.2) is 42.8 Å². The average Bonchev–Trinajstić information content (AvgIpc) is 2.07. The van der Waals surface area contributed by atoms with E-state index in [9.17, 15) is 17.2 Å². The van der Waals surface area contributed by atoms with E-state index in [1.165, 1.54) is 0 Å². The summed E-state index contributed by atoms with van der Waals surface area (Å²) in [5.41, 5.74) is 0. The predicted molar refractivity (Wildman–Crippen MR) is 57.9 cm³/mol. The van der Waals surface area contributed by atoms with E-state index >= 15 is 0 Å². The largest absolute Gasteiger partial charge is 0.253 e. The van der Waals surface area contributed by atoms with E-state index in [1.807, 2.05) is 6.92 Å². The van der Waals surface area contributed by atoms with Crippen LogP contribution in [0.2, 0.25) is 0 Å². The topological polar surface area (TPSA) is 37.4 Å². The van der Waals surface area contributed by atoms with Crippen LogP contribution in [0.15, 0.2) is 0 Å². The molecule has 1 saturated heterocycles. The summed E-state index contributed by atoms with van der Waals surface area (Å²) >= 11 is 3.36. The zero-order chi connectivity index (χ0) is 11.6. The first kappa shape index (κ1) is 13.3. The highest BCUT2D eigenvalue weighted by atomic mass is 79.9. The monoisotopic (exact) mass is 305 g/mol. The van der Waals surface area contributed by atoms with Crippen LogP contribution < -0.4 is 0 Å². The number of sulfonamides is 1. The summed E-state index contributed by atoms with van der Waals surface area (Å²) in [6.45, 7) is 2.64. The predicted octanol–water partition coefficient (Wildman–Crippen LogP) is 1.69. The van der Waals surface area contributed by atoms with Gasteiger partial charge in [-0.25, -0.2) is 21.5 Å². The molecule has 7 heteroatoms. The van der Waals surface area contributed by atoms with Crippen LogP contribution in [0.5, 0.6) is 0 Å². The molecule has 1 aliphatic heterocycles. The Hall–Kier alpha value is 0.250. The Kier molecular flexibility index (Phi) is 4.49. The highest BCUT2D eigenvalue weighted by Gasteiger charge is 2.32. The van der Waals surface area contributed by atoms with E-state index in [4.69, 9.17) is 0 Å². The van der Waals surface area contributed by atoms with Gasteiger partial charge in [-0.15, -0.1) is 0 Å². The summed E-state index contributed by atoms with van der Waals surface area (Å²) in [6.07, 6.45) is -2.10. The van der Waals surface area contributed by atoms with E-state index in [0.29, 0.717) is 18.9 Å². The van der Waals surface area contributed by atoms with Crippen molar-refractivity contribution in [1.29, 1.82) is 0 Å². The molecule has 0 N–H and O–H groups in total. The quantitative estimate of drug-likeness (QED) is 0.744. The van der Waals surface area contributed by atoms with Crippen LogP contribution in [0.3, 0.4) is 0 Å². The Bertz CT molecular complexity index is 310. The fraction of sp³-hybridized carbons (Fsp3) is 1.00. The molecular weight excluding hydrogens is 292 g/mol. The second kappa shape index (κ2) is 5.05. The molecule has 1 fully saturated rings. The van der Waals surface area contributed by atoms with Crippen LogP contribution in [0.25, 0.3) is 0 Å². The van der Waals surface area contributed by atoms with Crippen molar-refractivity contribution in [3.8, 4) is 0 Å². The van der Waals surface area contributed by atoms with Crippen LogP contribution in [0.4, 0.5) is 8.78 Å². The Morgan fingerprint density at radius 3 is 2.60 bits per heavy atom. The maximum atomic E-state index is 12.0. The lowest BCUT2D eigenvalue weighted by molar-refractivity contribution is 0.171. The normalized spacial score (nSPS) is 29.7. The van der Waals surface area contributed by atoms with Crippen LogP contribution >= 0.6 is 15.9 Å². The number of piperidine rings is 1. The molecule has 0 aromatic carbocycles. The Morgan fingerprint density at radius 2 is 2.13 bits per heavy atom. The second-order valence-electron chi connectivity index (χ2n) is 3.81. The third-order valence-electron chi connectivity index (χ3n) is 2.56. The second-order valence-corrected chi connectivity index (χ2v) is 7.00. The zero-order valence-corrected chi connectivity index (χ0v) is 10.8. The molecular formula is C8H14BrF2NO2S. The van der Waals surface area contributed by atoms with Crippen LogP contribution in [0.1, 0.15) is 13.3 Å². The zero-order valence-electron chi connectivity index (χ0n) is 8.37. The van der Waals surface area contributed by atoms with E-state index in [0.717, 1.165) is 4.31 Å². The van der Waals surface area contributed by atoms with E-state index in [2.05, 4.69) is 15.9 Å². The van der Waals surface area contributed by atoms with Crippen LogP contribution in [-0.2, 0) is 10.0 Å². The third-order valence-corrected chi connectivity index (χ3v) is 5.54. The number of halogens is 3. The lowest BCUT2D eigenvalue weighted by Gasteiger charge is -2.33. The number of rotatable bonds is 3. The van der Waals surface area contributed by atoms with Crippen molar-refractivity contribution in [2.24, 2.45) is 5.92 Å². The molecule has 0 amide bonds. The molecule has 0 spiro atoms. The SMILES string of the molecule is CC1CCN(S(=O)(=O)CC(F)F)CC1Br. The highest BCUT2D eigenvalue weighted by Crippen LogP contribution is 2.25. The summed E-state index contributed by atoms with van der Waals surface area (Å²) in [5.74, 6) is -0.691. The first-order valence-corrected chi connectivity index (χ1v) is 7.25. The van der Waals surface area contributed by atoms with Gasteiger partial charge < -0.3 is 0 Å². The lowest BCUT2D eigenvalue weighted by Crippen LogP contribution is -2.45. The van der Waals surface area contributed by atoms with E-state index in [-0.39, 0.29) is 11.4 Å². The fourth-order valence-corrected chi connectivity index (χ4v) is 3.62. The average molecular weight is 306 g/mol. The minimum absolute atomic E-state index is 0.0543. The molecule has 0 saturated carbocycles. The number of hydrogen-bond acceptors (Lipinski definition) is 2. The van der Waals surface area contributed by atoms with Crippen molar-refractivity contribution < 1.29 is 17.2 Å². The summed E-state index contributed by atoms with van der Waals surface area (Å²) in [4.78, 5) is 0.0543. The van der Waals surface area contributed by atoms with Crippen molar-refractivity contribution in [2.75, 3.05) is 18.8 Å². The van der Waals surface area contributed by atoms with Crippen molar-refractivity contribution in [1.82, 2.24) is 4.31 Å². The molecule has 1 aliphatic rings. The smallest absolute Gasteiger partial charge is 0.212 e. The number of hydrogen-bond donors (Lipinski definition) is 0. The number of nitrogens with zero attached hydrogens (tertiary/aromatic N) is 1. The van der Waals surface area contributed by atoms with Crippen molar-refractivity contribution >= 4 is 26.0 Å². The van der Waals surface area contributed by atoms with Gasteiger partial charge in [0.15, 0.2) is 0 Å². The van der Waals surface area contributed by atoms with Gasteiger partial charge in [-0.3, -0.25) is 0 Å². The maximum absolute atomic E-state index is 12.0. The van der Waals surface area contributed by atoms with Gasteiger partial charge in [0.1, 0.15) is 5.75 Å². The Balaban J connectivity index is 2.65. The molecule has 0 aliphatic carbocycles. The van der Waals surface area contributed by atoms with Gasteiger partial charge >= 0.3 is 0 Å². The number of alkyl halides is 3. The van der Waals surface area contributed by atoms with E-state index in [1.54, 1.807) is 0 Å². The van der Waals surface area contributed by atoms with Crippen molar-refractivity contribution in [3.05, 3.63) is 0 Å². The standard InChI is InChI=1S/C8H14BrF2NO2S/c1-6-2-3-12(4-7(6)9)15(13,14)5-8(10)11/h6-8H,2-5H2,1H3. The first-order chi connectivity index (χ1) is 6.83. The Labute approximate surface area is 97.0 Å². The minimum atomic E-state index is -3.79. The molecule has 3 nitrogen and oxygen atoms in total. The lowest BCUT2D eigenvalue weighted by atomic mass is 10.0. The van der Waals surface area contributed by atoms with Crippen LogP contribution in [0, 0.1) is 5.92 Å². The Morgan fingerprint density at radius 1 is 1.53 bits per heavy atom. The highest BCUT2D eigenvalue weighted by molar-refractivity contribution is 9.09.